The zero-order chi connectivity index (χ0) is 19.5. The molecule has 146 valence electrons. The second-order valence-electron chi connectivity index (χ2n) is 7.35. The molecule has 0 radical (unpaired) electrons. The fourth-order valence-corrected chi connectivity index (χ4v) is 3.94. The Bertz CT molecular complexity index is 945. The quantitative estimate of drug-likeness (QED) is 0.685. The number of pyridine rings is 1. The number of hydrogen-bond donors (Lipinski definition) is 0. The van der Waals surface area contributed by atoms with E-state index in [2.05, 4.69) is 25.7 Å². The van der Waals surface area contributed by atoms with Gasteiger partial charge in [-0.1, -0.05) is 6.07 Å². The van der Waals surface area contributed by atoms with E-state index in [9.17, 15) is 4.79 Å². The molecule has 28 heavy (non-hydrogen) atoms. The SMILES string of the molecule is CCn1cc(C(=O)N2CCC[C@@H](c3nccn3Cc3cccnc3)C2)c(C)n1. The summed E-state index contributed by atoms with van der Waals surface area (Å²) in [4.78, 5) is 23.9. The van der Waals surface area contributed by atoms with Gasteiger partial charge in [-0.05, 0) is 38.3 Å². The number of carbonyl (C=O) groups is 1. The largest absolute Gasteiger partial charge is 0.338 e. The molecule has 1 fully saturated rings. The summed E-state index contributed by atoms with van der Waals surface area (Å²) in [6.45, 7) is 6.93. The molecule has 0 N–H and O–H groups in total. The number of aryl methyl sites for hydroxylation is 2. The van der Waals surface area contributed by atoms with Crippen molar-refractivity contribution in [1.29, 1.82) is 0 Å². The van der Waals surface area contributed by atoms with E-state index in [-0.39, 0.29) is 11.8 Å². The third-order valence-corrected chi connectivity index (χ3v) is 5.40. The number of aromatic nitrogens is 5. The summed E-state index contributed by atoms with van der Waals surface area (Å²) in [5.74, 6) is 1.36. The van der Waals surface area contributed by atoms with Crippen LogP contribution in [0.15, 0.2) is 43.1 Å². The Morgan fingerprint density at radius 3 is 2.96 bits per heavy atom. The maximum Gasteiger partial charge on any atom is 0.257 e. The predicted octanol–water partition coefficient (Wildman–Crippen LogP) is 2.87. The average Bonchev–Trinajstić information content (AvgIpc) is 3.34. The second kappa shape index (κ2) is 7.96. The van der Waals surface area contributed by atoms with Gasteiger partial charge < -0.3 is 9.47 Å². The van der Waals surface area contributed by atoms with E-state index in [0.717, 1.165) is 49.6 Å². The lowest BCUT2D eigenvalue weighted by Crippen LogP contribution is -2.40. The number of nitrogens with zero attached hydrogens (tertiary/aromatic N) is 6. The van der Waals surface area contributed by atoms with Crippen LogP contribution in [0.4, 0.5) is 0 Å². The molecule has 0 aromatic carbocycles. The monoisotopic (exact) mass is 378 g/mol. The summed E-state index contributed by atoms with van der Waals surface area (Å²) < 4.78 is 4.00. The van der Waals surface area contributed by atoms with Gasteiger partial charge in [0.2, 0.25) is 0 Å². The van der Waals surface area contributed by atoms with Crippen molar-refractivity contribution < 1.29 is 4.79 Å². The molecular formula is C21H26N6O. The van der Waals surface area contributed by atoms with Crippen LogP contribution >= 0.6 is 0 Å². The highest BCUT2D eigenvalue weighted by Crippen LogP contribution is 2.27. The predicted molar refractivity (Wildman–Crippen MR) is 106 cm³/mol. The molecule has 4 rings (SSSR count). The molecule has 0 unspecified atom stereocenters. The zero-order valence-corrected chi connectivity index (χ0v) is 16.5. The van der Waals surface area contributed by atoms with Crippen molar-refractivity contribution in [2.75, 3.05) is 13.1 Å². The zero-order valence-electron chi connectivity index (χ0n) is 16.5. The van der Waals surface area contributed by atoms with Gasteiger partial charge in [-0.3, -0.25) is 14.5 Å². The number of piperidine rings is 1. The molecule has 0 spiro atoms. The van der Waals surface area contributed by atoms with Crippen LogP contribution in [0.25, 0.3) is 0 Å². The van der Waals surface area contributed by atoms with Crippen LogP contribution in [0.2, 0.25) is 0 Å². The van der Waals surface area contributed by atoms with Crippen LogP contribution in [-0.2, 0) is 13.1 Å². The van der Waals surface area contributed by atoms with Gasteiger partial charge in [0, 0.05) is 56.5 Å². The van der Waals surface area contributed by atoms with Crippen molar-refractivity contribution in [1.82, 2.24) is 29.2 Å². The minimum absolute atomic E-state index is 0.0762. The lowest BCUT2D eigenvalue weighted by atomic mass is 9.96. The minimum Gasteiger partial charge on any atom is -0.338 e. The van der Waals surface area contributed by atoms with E-state index in [1.54, 1.807) is 6.20 Å². The molecule has 1 amide bonds. The number of carbonyl (C=O) groups excluding carboxylic acids is 1. The maximum absolute atomic E-state index is 13.1. The van der Waals surface area contributed by atoms with Crippen LogP contribution < -0.4 is 0 Å². The lowest BCUT2D eigenvalue weighted by molar-refractivity contribution is 0.0702. The normalized spacial score (nSPS) is 17.1. The Hall–Kier alpha value is -2.96. The van der Waals surface area contributed by atoms with E-state index in [0.29, 0.717) is 12.1 Å². The summed E-state index contributed by atoms with van der Waals surface area (Å²) in [5.41, 5.74) is 2.65. The summed E-state index contributed by atoms with van der Waals surface area (Å²) in [6.07, 6.45) is 11.4. The molecule has 1 atom stereocenters. The molecule has 7 nitrogen and oxygen atoms in total. The van der Waals surface area contributed by atoms with Gasteiger partial charge in [0.1, 0.15) is 5.82 Å². The number of hydrogen-bond acceptors (Lipinski definition) is 4. The molecular weight excluding hydrogens is 352 g/mol. The third kappa shape index (κ3) is 3.69. The molecule has 1 aliphatic rings. The van der Waals surface area contributed by atoms with Crippen LogP contribution in [0.1, 0.15) is 53.1 Å². The smallest absolute Gasteiger partial charge is 0.257 e. The fourth-order valence-electron chi connectivity index (χ4n) is 3.94. The average molecular weight is 378 g/mol. The Balaban J connectivity index is 1.51. The van der Waals surface area contributed by atoms with E-state index < -0.39 is 0 Å². The van der Waals surface area contributed by atoms with Gasteiger partial charge >= 0.3 is 0 Å². The van der Waals surface area contributed by atoms with Crippen molar-refractivity contribution in [3.8, 4) is 0 Å². The van der Waals surface area contributed by atoms with E-state index in [1.165, 1.54) is 0 Å². The van der Waals surface area contributed by atoms with Gasteiger partial charge in [-0.2, -0.15) is 5.10 Å². The maximum atomic E-state index is 13.1. The Morgan fingerprint density at radius 1 is 1.32 bits per heavy atom. The van der Waals surface area contributed by atoms with Crippen molar-refractivity contribution in [2.24, 2.45) is 0 Å². The molecule has 3 aromatic rings. The van der Waals surface area contributed by atoms with Crippen molar-refractivity contribution >= 4 is 5.91 Å². The standard InChI is InChI=1S/C21H26N6O/c1-3-27-15-19(16(2)24-27)21(28)26-10-5-7-18(14-26)20-23-9-11-25(20)13-17-6-4-8-22-12-17/h4,6,8-9,11-12,15,18H,3,5,7,10,13-14H2,1-2H3/t18-/m1/s1. The number of likely N-dealkylation sites (tertiary alicyclic amines) is 1. The van der Waals surface area contributed by atoms with Gasteiger partial charge in [-0.25, -0.2) is 4.98 Å². The number of rotatable bonds is 5. The molecule has 3 aromatic heterocycles. The van der Waals surface area contributed by atoms with E-state index >= 15 is 0 Å². The summed E-state index contributed by atoms with van der Waals surface area (Å²) in [7, 11) is 0. The van der Waals surface area contributed by atoms with Gasteiger partial charge in [0.25, 0.3) is 5.91 Å². The molecule has 0 saturated carbocycles. The summed E-state index contributed by atoms with van der Waals surface area (Å²) in [6, 6.07) is 4.02. The van der Waals surface area contributed by atoms with Gasteiger partial charge in [-0.15, -0.1) is 0 Å². The van der Waals surface area contributed by atoms with Gasteiger partial charge in [0.05, 0.1) is 17.8 Å². The topological polar surface area (TPSA) is 68.8 Å². The molecule has 0 bridgehead atoms. The van der Waals surface area contributed by atoms with Crippen molar-refractivity contribution in [2.45, 2.75) is 45.7 Å². The molecule has 4 heterocycles. The van der Waals surface area contributed by atoms with Crippen molar-refractivity contribution in [3.05, 3.63) is 65.8 Å². The van der Waals surface area contributed by atoms with Gasteiger partial charge in [0.15, 0.2) is 0 Å². The Labute approximate surface area is 165 Å². The highest BCUT2D eigenvalue weighted by Gasteiger charge is 2.29. The summed E-state index contributed by atoms with van der Waals surface area (Å²) in [5, 5.41) is 4.42. The first-order valence-corrected chi connectivity index (χ1v) is 9.89. The van der Waals surface area contributed by atoms with Crippen LogP contribution in [-0.4, -0.2) is 48.2 Å². The molecule has 0 aliphatic carbocycles. The Morgan fingerprint density at radius 2 is 2.21 bits per heavy atom. The highest BCUT2D eigenvalue weighted by atomic mass is 16.2. The first-order valence-electron chi connectivity index (χ1n) is 9.89. The summed E-state index contributed by atoms with van der Waals surface area (Å²) >= 11 is 0. The Kier molecular flexibility index (Phi) is 5.23. The third-order valence-electron chi connectivity index (χ3n) is 5.40. The number of amides is 1. The molecule has 7 heteroatoms. The van der Waals surface area contributed by atoms with E-state index in [1.807, 2.05) is 54.3 Å². The molecule has 1 aliphatic heterocycles. The molecule has 1 saturated heterocycles. The van der Waals surface area contributed by atoms with E-state index in [4.69, 9.17) is 0 Å². The van der Waals surface area contributed by atoms with Crippen LogP contribution in [0.3, 0.4) is 0 Å². The van der Waals surface area contributed by atoms with Crippen LogP contribution in [0.5, 0.6) is 0 Å². The second-order valence-corrected chi connectivity index (χ2v) is 7.35. The number of imidazole rings is 1. The first kappa shape index (κ1) is 18.4. The van der Waals surface area contributed by atoms with Crippen LogP contribution in [0, 0.1) is 6.92 Å². The lowest BCUT2D eigenvalue weighted by Gasteiger charge is -2.32. The minimum atomic E-state index is 0.0762. The first-order chi connectivity index (χ1) is 13.7. The van der Waals surface area contributed by atoms with Crippen molar-refractivity contribution in [3.63, 3.8) is 0 Å². The highest BCUT2D eigenvalue weighted by molar-refractivity contribution is 5.95. The fraction of sp³-hybridized carbons (Fsp3) is 0.429.